The van der Waals surface area contributed by atoms with Crippen molar-refractivity contribution >= 4 is 22.4 Å². The Morgan fingerprint density at radius 1 is 0.880 bits per heavy atom. The van der Waals surface area contributed by atoms with E-state index in [4.69, 9.17) is 16.3 Å². The predicted molar refractivity (Wildman–Crippen MR) is 101 cm³/mol. The van der Waals surface area contributed by atoms with Crippen LogP contribution in [0.2, 0.25) is 5.02 Å². The molecule has 4 rings (SSSR count). The number of aromatic nitrogens is 2. The van der Waals surface area contributed by atoms with Crippen LogP contribution in [0.4, 0.5) is 0 Å². The highest BCUT2D eigenvalue weighted by atomic mass is 35.5. The molecule has 4 aromatic rings. The summed E-state index contributed by atoms with van der Waals surface area (Å²) in [5.41, 5.74) is 3.14. The first-order valence-corrected chi connectivity index (χ1v) is 8.33. The van der Waals surface area contributed by atoms with Gasteiger partial charge in [-0.1, -0.05) is 41.9 Å². The third-order valence-electron chi connectivity index (χ3n) is 4.06. The zero-order valence-corrected chi connectivity index (χ0v) is 14.4. The number of benzene rings is 3. The highest BCUT2D eigenvalue weighted by molar-refractivity contribution is 6.30. The molecule has 0 radical (unpaired) electrons. The molecule has 0 atom stereocenters. The van der Waals surface area contributed by atoms with E-state index in [1.807, 2.05) is 48.5 Å². The van der Waals surface area contributed by atoms with E-state index in [0.717, 1.165) is 27.8 Å². The van der Waals surface area contributed by atoms with Gasteiger partial charge in [0.25, 0.3) is 0 Å². The maximum atomic E-state index is 6.01. The van der Waals surface area contributed by atoms with Crippen LogP contribution in [0.15, 0.2) is 72.9 Å². The average molecular weight is 347 g/mol. The van der Waals surface area contributed by atoms with Gasteiger partial charge in [0.15, 0.2) is 0 Å². The molecular formula is C21H15ClN2O. The Morgan fingerprint density at radius 3 is 2.56 bits per heavy atom. The molecule has 1 heterocycles. The Kier molecular flexibility index (Phi) is 4.08. The van der Waals surface area contributed by atoms with E-state index in [2.05, 4.69) is 29.3 Å². The fourth-order valence-electron chi connectivity index (χ4n) is 2.83. The Hall–Kier alpha value is -2.91. The van der Waals surface area contributed by atoms with E-state index >= 15 is 0 Å². The van der Waals surface area contributed by atoms with Crippen molar-refractivity contribution in [1.82, 2.24) is 10.2 Å². The predicted octanol–water partition coefficient (Wildman–Crippen LogP) is 6.05. The lowest BCUT2D eigenvalue weighted by atomic mass is 10.0. The topological polar surface area (TPSA) is 35.0 Å². The average Bonchev–Trinajstić information content (AvgIpc) is 2.62. The fraction of sp³-hybridized carbons (Fsp3) is 0.0476. The SMILES string of the molecule is Cc1ccccc1-c1nncc2cc(Oc3cccc(Cl)c3)ccc12. The van der Waals surface area contributed by atoms with Crippen LogP contribution in [-0.2, 0) is 0 Å². The van der Waals surface area contributed by atoms with Gasteiger partial charge < -0.3 is 4.74 Å². The van der Waals surface area contributed by atoms with Crippen molar-refractivity contribution in [2.45, 2.75) is 6.92 Å². The largest absolute Gasteiger partial charge is 0.457 e. The molecule has 4 heteroatoms. The second-order valence-electron chi connectivity index (χ2n) is 5.82. The Bertz CT molecular complexity index is 1060. The molecule has 1 aromatic heterocycles. The van der Waals surface area contributed by atoms with Gasteiger partial charge in [-0.25, -0.2) is 0 Å². The van der Waals surface area contributed by atoms with Gasteiger partial charge in [-0.2, -0.15) is 5.10 Å². The zero-order chi connectivity index (χ0) is 17.2. The monoisotopic (exact) mass is 346 g/mol. The summed E-state index contributed by atoms with van der Waals surface area (Å²) in [6.07, 6.45) is 1.75. The molecule has 0 bridgehead atoms. The minimum absolute atomic E-state index is 0.644. The molecular weight excluding hydrogens is 332 g/mol. The third-order valence-corrected chi connectivity index (χ3v) is 4.30. The first kappa shape index (κ1) is 15.6. The number of fused-ring (bicyclic) bond motifs is 1. The number of hydrogen-bond donors (Lipinski definition) is 0. The molecule has 0 saturated heterocycles. The quantitative estimate of drug-likeness (QED) is 0.453. The second-order valence-corrected chi connectivity index (χ2v) is 6.25. The molecule has 122 valence electrons. The number of hydrogen-bond acceptors (Lipinski definition) is 3. The van der Waals surface area contributed by atoms with Crippen LogP contribution >= 0.6 is 11.6 Å². The van der Waals surface area contributed by atoms with Gasteiger partial charge in [-0.15, -0.1) is 5.10 Å². The van der Waals surface area contributed by atoms with Crippen LogP contribution in [0.5, 0.6) is 11.5 Å². The van der Waals surface area contributed by atoms with Crippen LogP contribution in [0.3, 0.4) is 0 Å². The van der Waals surface area contributed by atoms with Crippen molar-refractivity contribution in [2.75, 3.05) is 0 Å². The van der Waals surface area contributed by atoms with Crippen LogP contribution in [0.1, 0.15) is 5.56 Å². The number of rotatable bonds is 3. The highest BCUT2D eigenvalue weighted by Gasteiger charge is 2.09. The van der Waals surface area contributed by atoms with Gasteiger partial charge in [0, 0.05) is 21.4 Å². The number of nitrogens with zero attached hydrogens (tertiary/aromatic N) is 2. The maximum Gasteiger partial charge on any atom is 0.128 e. The number of ether oxygens (including phenoxy) is 1. The van der Waals surface area contributed by atoms with E-state index < -0.39 is 0 Å². The van der Waals surface area contributed by atoms with Crippen molar-refractivity contribution in [1.29, 1.82) is 0 Å². The summed E-state index contributed by atoms with van der Waals surface area (Å²) < 4.78 is 5.90. The van der Waals surface area contributed by atoms with Crippen molar-refractivity contribution in [3.63, 3.8) is 0 Å². The number of halogens is 1. The van der Waals surface area contributed by atoms with Gasteiger partial charge in [0.1, 0.15) is 17.2 Å². The highest BCUT2D eigenvalue weighted by Crippen LogP contribution is 2.32. The first-order valence-electron chi connectivity index (χ1n) is 7.95. The molecule has 3 nitrogen and oxygen atoms in total. The summed E-state index contributed by atoms with van der Waals surface area (Å²) in [5, 5.41) is 11.2. The Labute approximate surface area is 150 Å². The summed E-state index contributed by atoms with van der Waals surface area (Å²) in [7, 11) is 0. The van der Waals surface area contributed by atoms with Crippen LogP contribution in [0.25, 0.3) is 22.0 Å². The van der Waals surface area contributed by atoms with Crippen LogP contribution < -0.4 is 4.74 Å². The van der Waals surface area contributed by atoms with Gasteiger partial charge in [-0.3, -0.25) is 0 Å². The normalized spacial score (nSPS) is 10.8. The minimum atomic E-state index is 0.644. The lowest BCUT2D eigenvalue weighted by Crippen LogP contribution is -1.92. The summed E-state index contributed by atoms with van der Waals surface area (Å²) in [6, 6.07) is 21.4. The molecule has 0 aliphatic rings. The first-order chi connectivity index (χ1) is 12.2. The van der Waals surface area contributed by atoms with E-state index in [1.165, 1.54) is 5.56 Å². The Morgan fingerprint density at radius 2 is 1.72 bits per heavy atom. The van der Waals surface area contributed by atoms with Crippen LogP contribution in [-0.4, -0.2) is 10.2 Å². The van der Waals surface area contributed by atoms with Crippen molar-refractivity contribution < 1.29 is 4.74 Å². The summed E-state index contributed by atoms with van der Waals surface area (Å²) in [4.78, 5) is 0. The molecule has 0 aliphatic carbocycles. The molecule has 3 aromatic carbocycles. The third kappa shape index (κ3) is 3.19. The smallest absolute Gasteiger partial charge is 0.128 e. The van der Waals surface area contributed by atoms with E-state index in [-0.39, 0.29) is 0 Å². The molecule has 0 fully saturated rings. The fourth-order valence-corrected chi connectivity index (χ4v) is 3.01. The van der Waals surface area contributed by atoms with E-state index in [1.54, 1.807) is 12.3 Å². The van der Waals surface area contributed by atoms with Gasteiger partial charge in [0.05, 0.1) is 6.20 Å². The molecule has 0 aliphatic heterocycles. The van der Waals surface area contributed by atoms with Crippen molar-refractivity contribution in [3.05, 3.63) is 83.5 Å². The molecule has 0 amide bonds. The van der Waals surface area contributed by atoms with Gasteiger partial charge >= 0.3 is 0 Å². The standard InChI is InChI=1S/C21H15ClN2O/c1-14-5-2-3-8-19(14)21-20-10-9-18(11-15(20)13-23-24-21)25-17-7-4-6-16(22)12-17/h2-13H,1H3. The molecule has 0 spiro atoms. The van der Waals surface area contributed by atoms with Crippen molar-refractivity contribution in [3.8, 4) is 22.8 Å². The summed E-state index contributed by atoms with van der Waals surface area (Å²) >= 11 is 6.01. The summed E-state index contributed by atoms with van der Waals surface area (Å²) in [5.74, 6) is 1.44. The maximum absolute atomic E-state index is 6.01. The Balaban J connectivity index is 1.76. The lowest BCUT2D eigenvalue weighted by molar-refractivity contribution is 0.483. The second kappa shape index (κ2) is 6.54. The van der Waals surface area contributed by atoms with E-state index in [9.17, 15) is 0 Å². The van der Waals surface area contributed by atoms with Crippen molar-refractivity contribution in [2.24, 2.45) is 0 Å². The number of aryl methyl sites for hydroxylation is 1. The van der Waals surface area contributed by atoms with Crippen LogP contribution in [0, 0.1) is 6.92 Å². The minimum Gasteiger partial charge on any atom is -0.457 e. The lowest BCUT2D eigenvalue weighted by Gasteiger charge is -2.10. The van der Waals surface area contributed by atoms with E-state index in [0.29, 0.717) is 10.8 Å². The molecule has 0 saturated carbocycles. The molecule has 25 heavy (non-hydrogen) atoms. The summed E-state index contributed by atoms with van der Waals surface area (Å²) in [6.45, 7) is 2.08. The zero-order valence-electron chi connectivity index (χ0n) is 13.6. The molecule has 0 unspecified atom stereocenters. The van der Waals surface area contributed by atoms with Gasteiger partial charge in [0.2, 0.25) is 0 Å². The van der Waals surface area contributed by atoms with Gasteiger partial charge in [-0.05, 0) is 48.9 Å². The molecule has 0 N–H and O–H groups in total.